The van der Waals surface area contributed by atoms with Crippen LogP contribution in [0, 0.1) is 6.92 Å². The summed E-state index contributed by atoms with van der Waals surface area (Å²) in [5.41, 5.74) is 7.28. The van der Waals surface area contributed by atoms with E-state index in [4.69, 9.17) is 5.73 Å². The molecule has 0 bridgehead atoms. The first-order chi connectivity index (χ1) is 8.15. The molecular weight excluding hydrogens is 250 g/mol. The normalized spacial score (nSPS) is 13.2. The molecule has 5 heteroatoms. The number of thiophene rings is 1. The van der Waals surface area contributed by atoms with Crippen LogP contribution in [-0.2, 0) is 6.54 Å². The van der Waals surface area contributed by atoms with E-state index in [1.165, 1.54) is 4.88 Å². The average molecular weight is 267 g/mol. The number of likely N-dealkylation sites (N-methyl/N-ethyl adjacent to an activating group) is 1. The maximum atomic E-state index is 6.15. The third kappa shape index (κ3) is 3.61. The van der Waals surface area contributed by atoms with Gasteiger partial charge in [-0.3, -0.25) is 4.90 Å². The Balaban J connectivity index is 1.87. The molecule has 0 aromatic carbocycles. The Morgan fingerprint density at radius 1 is 1.47 bits per heavy atom. The molecule has 0 saturated carbocycles. The summed E-state index contributed by atoms with van der Waals surface area (Å²) in [5.74, 6) is 0. The number of thiazole rings is 1. The van der Waals surface area contributed by atoms with Crippen molar-refractivity contribution in [2.75, 3.05) is 13.6 Å². The van der Waals surface area contributed by atoms with Crippen molar-refractivity contribution < 1.29 is 0 Å². The van der Waals surface area contributed by atoms with Crippen LogP contribution in [0.3, 0.4) is 0 Å². The van der Waals surface area contributed by atoms with Gasteiger partial charge in [-0.25, -0.2) is 4.98 Å². The molecule has 0 saturated heterocycles. The standard InChI is InChI=1S/C12H17N3S2/c1-9-14-10(8-17-9)6-15(2)7-11(13)12-4-3-5-16-12/h3-5,8,11H,6-7,13H2,1-2H3. The van der Waals surface area contributed by atoms with Gasteiger partial charge in [0.05, 0.1) is 16.7 Å². The summed E-state index contributed by atoms with van der Waals surface area (Å²) in [6, 6.07) is 4.24. The van der Waals surface area contributed by atoms with E-state index in [9.17, 15) is 0 Å². The highest BCUT2D eigenvalue weighted by molar-refractivity contribution is 7.10. The Kier molecular flexibility index (Phi) is 4.28. The largest absolute Gasteiger partial charge is 0.322 e. The Hall–Kier alpha value is -0.750. The predicted octanol–water partition coefficient (Wildman–Crippen LogP) is 2.64. The van der Waals surface area contributed by atoms with Gasteiger partial charge in [0.1, 0.15) is 0 Å². The Labute approximate surface area is 110 Å². The second-order valence-corrected chi connectivity index (χ2v) is 6.22. The molecule has 0 spiro atoms. The second kappa shape index (κ2) is 5.73. The zero-order chi connectivity index (χ0) is 12.3. The van der Waals surface area contributed by atoms with Crippen molar-refractivity contribution in [1.82, 2.24) is 9.88 Å². The number of hydrogen-bond acceptors (Lipinski definition) is 5. The second-order valence-electron chi connectivity index (χ2n) is 4.18. The third-order valence-electron chi connectivity index (χ3n) is 2.52. The summed E-state index contributed by atoms with van der Waals surface area (Å²) in [6.45, 7) is 3.76. The van der Waals surface area contributed by atoms with E-state index in [-0.39, 0.29) is 6.04 Å². The molecule has 2 aromatic heterocycles. The summed E-state index contributed by atoms with van der Waals surface area (Å²) >= 11 is 3.41. The first kappa shape index (κ1) is 12.7. The van der Waals surface area contributed by atoms with Gasteiger partial charge < -0.3 is 5.73 Å². The summed E-state index contributed by atoms with van der Waals surface area (Å²) in [4.78, 5) is 7.92. The van der Waals surface area contributed by atoms with E-state index in [0.717, 1.165) is 23.8 Å². The highest BCUT2D eigenvalue weighted by Crippen LogP contribution is 2.18. The van der Waals surface area contributed by atoms with E-state index in [1.807, 2.05) is 13.0 Å². The molecule has 1 unspecified atom stereocenters. The molecule has 0 aliphatic heterocycles. The third-order valence-corrected chi connectivity index (χ3v) is 4.34. The molecule has 92 valence electrons. The Morgan fingerprint density at radius 2 is 2.29 bits per heavy atom. The summed E-state index contributed by atoms with van der Waals surface area (Å²) in [7, 11) is 2.09. The van der Waals surface area contributed by atoms with Gasteiger partial charge in [-0.2, -0.15) is 0 Å². The van der Waals surface area contributed by atoms with Crippen molar-refractivity contribution in [1.29, 1.82) is 0 Å². The quantitative estimate of drug-likeness (QED) is 0.905. The van der Waals surface area contributed by atoms with Crippen LogP contribution in [0.25, 0.3) is 0 Å². The molecular formula is C12H17N3S2. The molecule has 0 amide bonds. The minimum absolute atomic E-state index is 0.0970. The fourth-order valence-electron chi connectivity index (χ4n) is 1.75. The van der Waals surface area contributed by atoms with Gasteiger partial charge in [0.25, 0.3) is 0 Å². The van der Waals surface area contributed by atoms with E-state index >= 15 is 0 Å². The highest BCUT2D eigenvalue weighted by atomic mass is 32.1. The first-order valence-electron chi connectivity index (χ1n) is 5.53. The summed E-state index contributed by atoms with van der Waals surface area (Å²) in [5, 5.41) is 5.30. The highest BCUT2D eigenvalue weighted by Gasteiger charge is 2.11. The van der Waals surface area contributed by atoms with Gasteiger partial charge in [-0.05, 0) is 25.4 Å². The topological polar surface area (TPSA) is 42.2 Å². The zero-order valence-corrected chi connectivity index (χ0v) is 11.7. The maximum Gasteiger partial charge on any atom is 0.0897 e. The molecule has 17 heavy (non-hydrogen) atoms. The van der Waals surface area contributed by atoms with E-state index in [2.05, 4.69) is 33.8 Å². The smallest absolute Gasteiger partial charge is 0.0897 e. The van der Waals surface area contributed by atoms with Crippen molar-refractivity contribution in [3.05, 3.63) is 38.5 Å². The van der Waals surface area contributed by atoms with E-state index in [1.54, 1.807) is 22.7 Å². The monoisotopic (exact) mass is 267 g/mol. The fraction of sp³-hybridized carbons (Fsp3) is 0.417. The molecule has 2 N–H and O–H groups in total. The van der Waals surface area contributed by atoms with Crippen molar-refractivity contribution in [3.8, 4) is 0 Å². The number of aryl methyl sites for hydroxylation is 1. The van der Waals surface area contributed by atoms with Crippen LogP contribution >= 0.6 is 22.7 Å². The number of rotatable bonds is 5. The van der Waals surface area contributed by atoms with Crippen molar-refractivity contribution >= 4 is 22.7 Å². The Bertz CT molecular complexity index is 450. The van der Waals surface area contributed by atoms with Crippen molar-refractivity contribution in [2.45, 2.75) is 19.5 Å². The molecule has 1 atom stereocenters. The first-order valence-corrected chi connectivity index (χ1v) is 7.29. The lowest BCUT2D eigenvalue weighted by molar-refractivity contribution is 0.303. The zero-order valence-electron chi connectivity index (χ0n) is 10.1. The van der Waals surface area contributed by atoms with Gasteiger partial charge in [0, 0.05) is 23.3 Å². The number of aromatic nitrogens is 1. The molecule has 0 fully saturated rings. The van der Waals surface area contributed by atoms with Crippen LogP contribution in [0.1, 0.15) is 21.6 Å². The van der Waals surface area contributed by atoms with Gasteiger partial charge in [0.15, 0.2) is 0 Å². The SMILES string of the molecule is Cc1nc(CN(C)CC(N)c2cccs2)cs1. The van der Waals surface area contributed by atoms with Crippen LogP contribution in [0.4, 0.5) is 0 Å². The van der Waals surface area contributed by atoms with Gasteiger partial charge in [0.2, 0.25) is 0 Å². The number of nitrogens with two attached hydrogens (primary N) is 1. The molecule has 2 aromatic rings. The van der Waals surface area contributed by atoms with Gasteiger partial charge >= 0.3 is 0 Å². The lowest BCUT2D eigenvalue weighted by Crippen LogP contribution is -2.28. The van der Waals surface area contributed by atoms with Gasteiger partial charge in [-0.1, -0.05) is 6.07 Å². The van der Waals surface area contributed by atoms with Crippen molar-refractivity contribution in [2.24, 2.45) is 5.73 Å². The lowest BCUT2D eigenvalue weighted by atomic mass is 10.2. The maximum absolute atomic E-state index is 6.15. The molecule has 2 rings (SSSR count). The Morgan fingerprint density at radius 3 is 2.88 bits per heavy atom. The minimum Gasteiger partial charge on any atom is -0.322 e. The molecule has 3 nitrogen and oxygen atoms in total. The lowest BCUT2D eigenvalue weighted by Gasteiger charge is -2.19. The van der Waals surface area contributed by atoms with Crippen LogP contribution in [-0.4, -0.2) is 23.5 Å². The minimum atomic E-state index is 0.0970. The van der Waals surface area contributed by atoms with Gasteiger partial charge in [-0.15, -0.1) is 22.7 Å². The van der Waals surface area contributed by atoms with Crippen molar-refractivity contribution in [3.63, 3.8) is 0 Å². The van der Waals surface area contributed by atoms with Crippen LogP contribution in [0.15, 0.2) is 22.9 Å². The molecule has 2 heterocycles. The number of nitrogens with zero attached hydrogens (tertiary/aromatic N) is 2. The van der Waals surface area contributed by atoms with E-state index in [0.29, 0.717) is 0 Å². The molecule has 0 radical (unpaired) electrons. The fourth-order valence-corrected chi connectivity index (χ4v) is 3.07. The molecule has 0 aliphatic rings. The summed E-state index contributed by atoms with van der Waals surface area (Å²) in [6.07, 6.45) is 0. The number of hydrogen-bond donors (Lipinski definition) is 1. The predicted molar refractivity (Wildman–Crippen MR) is 74.4 cm³/mol. The van der Waals surface area contributed by atoms with Crippen LogP contribution in [0.5, 0.6) is 0 Å². The summed E-state index contributed by atoms with van der Waals surface area (Å²) < 4.78 is 0. The van der Waals surface area contributed by atoms with E-state index < -0.39 is 0 Å². The average Bonchev–Trinajstić information content (AvgIpc) is 2.89. The van der Waals surface area contributed by atoms with Crippen LogP contribution < -0.4 is 5.73 Å². The van der Waals surface area contributed by atoms with Crippen LogP contribution in [0.2, 0.25) is 0 Å². The molecule has 0 aliphatic carbocycles.